The summed E-state index contributed by atoms with van der Waals surface area (Å²) in [7, 11) is 3.80. The molecule has 3 aromatic heterocycles. The Morgan fingerprint density at radius 1 is 1.13 bits per heavy atom. The Morgan fingerprint density at radius 3 is 2.59 bits per heavy atom. The van der Waals surface area contributed by atoms with Crippen LogP contribution in [-0.4, -0.2) is 69.8 Å². The van der Waals surface area contributed by atoms with Crippen molar-refractivity contribution in [2.45, 2.75) is 19.4 Å². The number of nitrogen functional groups attached to an aromatic ring is 1. The highest BCUT2D eigenvalue weighted by molar-refractivity contribution is 8.18. The number of thioether (sulfide) groups is 1. The van der Waals surface area contributed by atoms with Gasteiger partial charge < -0.3 is 20.9 Å². The molecule has 0 aliphatic carbocycles. The van der Waals surface area contributed by atoms with Crippen LogP contribution < -0.4 is 26.2 Å². The summed E-state index contributed by atoms with van der Waals surface area (Å²) in [6.07, 6.45) is 8.85. The fourth-order valence-electron chi connectivity index (χ4n) is 4.47. The van der Waals surface area contributed by atoms with Crippen LogP contribution in [0.3, 0.4) is 0 Å². The molecule has 0 bridgehead atoms. The molecule has 12 nitrogen and oxygen atoms in total. The number of carbonyl (C=O) groups is 2. The molecule has 5 rings (SSSR count). The van der Waals surface area contributed by atoms with Crippen LogP contribution in [0.2, 0.25) is 0 Å². The third kappa shape index (κ3) is 6.49. The number of anilines is 3. The Labute approximate surface area is 230 Å². The summed E-state index contributed by atoms with van der Waals surface area (Å²) < 4.78 is 0. The zero-order valence-corrected chi connectivity index (χ0v) is 22.6. The number of carbonyl (C=O) groups excluding carboxylic acids is 2. The Morgan fingerprint density at radius 2 is 1.90 bits per heavy atom. The Hall–Kier alpha value is -4.10. The van der Waals surface area contributed by atoms with Crippen LogP contribution >= 0.6 is 11.8 Å². The molecular weight excluding hydrogens is 516 g/mol. The number of amides is 2. The fourth-order valence-corrected chi connectivity index (χ4v) is 5.14. The van der Waals surface area contributed by atoms with Crippen LogP contribution in [0.5, 0.6) is 0 Å². The number of nitrogens with two attached hydrogens (primary N) is 1. The summed E-state index contributed by atoms with van der Waals surface area (Å²) in [5.41, 5.74) is 9.24. The van der Waals surface area contributed by atoms with Crippen LogP contribution in [0, 0.1) is 5.92 Å². The predicted molar refractivity (Wildman–Crippen MR) is 152 cm³/mol. The minimum absolute atomic E-state index is 0.340. The van der Waals surface area contributed by atoms with Crippen LogP contribution in [-0.2, 0) is 11.3 Å². The molecule has 3 aromatic rings. The largest absolute Gasteiger partial charge is 0.384 e. The lowest BCUT2D eigenvalue weighted by atomic mass is 9.97. The van der Waals surface area contributed by atoms with Crippen LogP contribution in [0.4, 0.5) is 22.5 Å². The van der Waals surface area contributed by atoms with E-state index >= 15 is 0 Å². The number of imide groups is 1. The van der Waals surface area contributed by atoms with E-state index in [1.54, 1.807) is 30.7 Å². The minimum Gasteiger partial charge on any atom is -0.384 e. The lowest BCUT2D eigenvalue weighted by Gasteiger charge is -2.32. The van der Waals surface area contributed by atoms with Crippen molar-refractivity contribution < 1.29 is 9.59 Å². The van der Waals surface area contributed by atoms with Crippen molar-refractivity contribution in [1.82, 2.24) is 35.6 Å². The summed E-state index contributed by atoms with van der Waals surface area (Å²) in [5.74, 6) is 1.85. The molecule has 2 aliphatic heterocycles. The zero-order valence-electron chi connectivity index (χ0n) is 21.8. The van der Waals surface area contributed by atoms with E-state index in [4.69, 9.17) is 5.73 Å². The van der Waals surface area contributed by atoms with E-state index in [0.717, 1.165) is 61.1 Å². The van der Waals surface area contributed by atoms with Gasteiger partial charge in [-0.25, -0.2) is 24.9 Å². The Kier molecular flexibility index (Phi) is 7.98. The van der Waals surface area contributed by atoms with E-state index in [0.29, 0.717) is 40.8 Å². The van der Waals surface area contributed by atoms with Crippen molar-refractivity contribution in [3.63, 3.8) is 0 Å². The average molecular weight is 547 g/mol. The molecule has 2 saturated heterocycles. The first kappa shape index (κ1) is 26.5. The smallest absolute Gasteiger partial charge is 0.290 e. The summed E-state index contributed by atoms with van der Waals surface area (Å²) in [5, 5.41) is 5.48. The number of piperidine rings is 1. The standard InChI is InChI=1S/C26H30N10O2S/c1-35(2)24-30-14-18(15-31-24)22-17(3-4-21(27)33-22)13-28-12-16-6-9-36(10-7-16)25-29-8-5-19(32-25)11-20-23(37)34-26(38)39-20/h3-5,8,11,14-16,28H,6-7,9-10,12-13H2,1-2H3,(H2,27,33)(H,34,37,38). The molecule has 2 aliphatic rings. The minimum atomic E-state index is -0.393. The lowest BCUT2D eigenvalue weighted by molar-refractivity contribution is -0.115. The van der Waals surface area contributed by atoms with Gasteiger partial charge >= 0.3 is 0 Å². The molecule has 2 amide bonds. The molecule has 5 heterocycles. The van der Waals surface area contributed by atoms with Gasteiger partial charge in [0.05, 0.1) is 16.3 Å². The Balaban J connectivity index is 1.15. The van der Waals surface area contributed by atoms with E-state index in [-0.39, 0.29) is 5.24 Å². The van der Waals surface area contributed by atoms with Gasteiger partial charge in [-0.3, -0.25) is 14.9 Å². The van der Waals surface area contributed by atoms with Gasteiger partial charge in [0.1, 0.15) is 5.82 Å². The molecular formula is C26H30N10O2S. The van der Waals surface area contributed by atoms with Crippen molar-refractivity contribution in [1.29, 1.82) is 0 Å². The molecule has 0 radical (unpaired) electrons. The van der Waals surface area contributed by atoms with Gasteiger partial charge in [0.15, 0.2) is 0 Å². The van der Waals surface area contributed by atoms with Crippen molar-refractivity contribution in [3.8, 4) is 11.3 Å². The second-order valence-corrected chi connectivity index (χ2v) is 10.6. The summed E-state index contributed by atoms with van der Waals surface area (Å²) in [4.78, 5) is 50.0. The maximum atomic E-state index is 11.8. The van der Waals surface area contributed by atoms with Gasteiger partial charge in [0.25, 0.3) is 11.1 Å². The van der Waals surface area contributed by atoms with Gasteiger partial charge in [-0.1, -0.05) is 6.07 Å². The second kappa shape index (κ2) is 11.7. The molecule has 0 saturated carbocycles. The van der Waals surface area contributed by atoms with Crippen molar-refractivity contribution in [3.05, 3.63) is 53.0 Å². The van der Waals surface area contributed by atoms with E-state index in [9.17, 15) is 9.59 Å². The number of pyridine rings is 1. The van der Waals surface area contributed by atoms with Crippen LogP contribution in [0.25, 0.3) is 17.3 Å². The number of hydrogen-bond acceptors (Lipinski definition) is 12. The molecule has 0 unspecified atom stereocenters. The molecule has 13 heteroatoms. The van der Waals surface area contributed by atoms with E-state index in [1.807, 2.05) is 31.1 Å². The highest BCUT2D eigenvalue weighted by atomic mass is 32.2. The number of rotatable bonds is 8. The van der Waals surface area contributed by atoms with Crippen LogP contribution in [0.15, 0.2) is 41.7 Å². The van der Waals surface area contributed by atoms with E-state index in [1.165, 1.54) is 0 Å². The van der Waals surface area contributed by atoms with Crippen LogP contribution in [0.1, 0.15) is 24.1 Å². The summed E-state index contributed by atoms with van der Waals surface area (Å²) in [6.45, 7) is 3.21. The maximum Gasteiger partial charge on any atom is 0.290 e. The quantitative estimate of drug-likeness (QED) is 0.355. The maximum absolute atomic E-state index is 11.8. The molecule has 39 heavy (non-hydrogen) atoms. The van der Waals surface area contributed by atoms with E-state index in [2.05, 4.69) is 40.5 Å². The van der Waals surface area contributed by atoms with E-state index < -0.39 is 5.91 Å². The SMILES string of the molecule is CN(C)c1ncc(-c2nc(N)ccc2CNCC2CCN(c3nccc(C=C4SC(=O)NC4=O)n3)CC2)cn1. The summed E-state index contributed by atoms with van der Waals surface area (Å²) >= 11 is 0.880. The third-order valence-corrected chi connectivity index (χ3v) is 7.35. The number of hydrogen-bond donors (Lipinski definition) is 3. The molecule has 4 N–H and O–H groups in total. The van der Waals surface area contributed by atoms with Crippen molar-refractivity contribution in [2.75, 3.05) is 49.3 Å². The normalized spacial score (nSPS) is 17.1. The molecule has 0 spiro atoms. The third-order valence-electron chi connectivity index (χ3n) is 6.54. The Bertz CT molecular complexity index is 1390. The monoisotopic (exact) mass is 546 g/mol. The first-order valence-corrected chi connectivity index (χ1v) is 13.5. The van der Waals surface area contributed by atoms with Gasteiger partial charge in [0, 0.05) is 57.9 Å². The van der Waals surface area contributed by atoms with Crippen molar-refractivity contribution >= 4 is 46.7 Å². The van der Waals surface area contributed by atoms with Gasteiger partial charge in [-0.15, -0.1) is 0 Å². The number of nitrogens with one attached hydrogen (secondary N) is 2. The average Bonchev–Trinajstić information content (AvgIpc) is 3.26. The van der Waals surface area contributed by atoms with Gasteiger partial charge in [-0.05, 0) is 60.8 Å². The number of nitrogens with zero attached hydrogens (tertiary/aromatic N) is 7. The molecule has 2 fully saturated rings. The topological polar surface area (TPSA) is 155 Å². The second-order valence-electron chi connectivity index (χ2n) is 9.61. The zero-order chi connectivity index (χ0) is 27.4. The molecule has 202 valence electrons. The van der Waals surface area contributed by atoms with Gasteiger partial charge in [0.2, 0.25) is 11.9 Å². The fraction of sp³-hybridized carbons (Fsp3) is 0.346. The van der Waals surface area contributed by atoms with Gasteiger partial charge in [-0.2, -0.15) is 0 Å². The molecule has 0 atom stereocenters. The highest BCUT2D eigenvalue weighted by Crippen LogP contribution is 2.26. The molecule has 0 aromatic carbocycles. The first-order valence-electron chi connectivity index (χ1n) is 12.6. The summed E-state index contributed by atoms with van der Waals surface area (Å²) in [6, 6.07) is 5.54. The highest BCUT2D eigenvalue weighted by Gasteiger charge is 2.26. The first-order chi connectivity index (χ1) is 18.9. The predicted octanol–water partition coefficient (Wildman–Crippen LogP) is 2.31. The van der Waals surface area contributed by atoms with Crippen molar-refractivity contribution in [2.24, 2.45) is 5.92 Å². The lowest BCUT2D eigenvalue weighted by Crippen LogP contribution is -2.38. The number of aromatic nitrogens is 5.